The lowest BCUT2D eigenvalue weighted by atomic mass is 9.78. The molecule has 0 spiro atoms. The summed E-state index contributed by atoms with van der Waals surface area (Å²) in [6.45, 7) is 2.41. The molecule has 23 heavy (non-hydrogen) atoms. The third-order valence-corrected chi connectivity index (χ3v) is 5.84. The van der Waals surface area contributed by atoms with Crippen LogP contribution in [0.4, 0.5) is 0 Å². The quantitative estimate of drug-likeness (QED) is 0.651. The highest BCUT2D eigenvalue weighted by Crippen LogP contribution is 2.35. The van der Waals surface area contributed by atoms with Crippen molar-refractivity contribution in [1.29, 1.82) is 0 Å². The fourth-order valence-electron chi connectivity index (χ4n) is 3.71. The maximum absolute atomic E-state index is 12.6. The van der Waals surface area contributed by atoms with Crippen LogP contribution >= 0.6 is 11.8 Å². The number of hydrogen-bond donors (Lipinski definition) is 1. The lowest BCUT2D eigenvalue weighted by molar-refractivity contribution is -0.134. The summed E-state index contributed by atoms with van der Waals surface area (Å²) in [4.78, 5) is 26.4. The van der Waals surface area contributed by atoms with E-state index in [0.29, 0.717) is 12.0 Å². The first-order chi connectivity index (χ1) is 11.1. The zero-order valence-corrected chi connectivity index (χ0v) is 14.2. The lowest BCUT2D eigenvalue weighted by Gasteiger charge is -2.44. The van der Waals surface area contributed by atoms with Crippen molar-refractivity contribution in [2.24, 2.45) is 5.92 Å². The second kappa shape index (κ2) is 6.90. The standard InChI is InChI=1S/C15H23N5O2S/c1-10-14(22)20(16)15(18-17-10)23-9-13(21)19-8-4-6-11-5-2-3-7-12(11)19/h11-12H,2-9,16H2,1H3/t11-,12-/m1/s1. The molecule has 2 heterocycles. The molecule has 0 radical (unpaired) electrons. The first-order valence-corrected chi connectivity index (χ1v) is 9.20. The van der Waals surface area contributed by atoms with Crippen LogP contribution in [0.2, 0.25) is 0 Å². The van der Waals surface area contributed by atoms with Crippen LogP contribution < -0.4 is 11.4 Å². The number of hydrogen-bond acceptors (Lipinski definition) is 6. The number of carbonyl (C=O) groups is 1. The largest absolute Gasteiger partial charge is 0.339 e. The topological polar surface area (TPSA) is 94.1 Å². The van der Waals surface area contributed by atoms with E-state index in [4.69, 9.17) is 5.84 Å². The Hall–Kier alpha value is -1.57. The summed E-state index contributed by atoms with van der Waals surface area (Å²) in [6.07, 6.45) is 7.19. The van der Waals surface area contributed by atoms with Gasteiger partial charge in [-0.1, -0.05) is 24.6 Å². The van der Waals surface area contributed by atoms with Gasteiger partial charge in [0.1, 0.15) is 5.69 Å². The van der Waals surface area contributed by atoms with E-state index in [1.165, 1.54) is 37.4 Å². The minimum atomic E-state index is -0.375. The van der Waals surface area contributed by atoms with Gasteiger partial charge in [0.2, 0.25) is 11.1 Å². The number of amides is 1. The molecule has 2 fully saturated rings. The van der Waals surface area contributed by atoms with E-state index in [9.17, 15) is 9.59 Å². The molecule has 2 N–H and O–H groups in total. The highest BCUT2D eigenvalue weighted by atomic mass is 32.2. The van der Waals surface area contributed by atoms with Gasteiger partial charge in [0.25, 0.3) is 5.56 Å². The Bertz CT molecular complexity index is 645. The molecule has 1 aliphatic carbocycles. The Balaban J connectivity index is 1.65. The Kier molecular flexibility index (Phi) is 4.89. The number of nitrogens with two attached hydrogens (primary N) is 1. The second-order valence-electron chi connectivity index (χ2n) is 6.37. The Morgan fingerprint density at radius 1 is 1.26 bits per heavy atom. The normalized spacial score (nSPS) is 24.3. The lowest BCUT2D eigenvalue weighted by Crippen LogP contribution is -2.50. The van der Waals surface area contributed by atoms with E-state index in [0.717, 1.165) is 24.1 Å². The van der Waals surface area contributed by atoms with Crippen LogP contribution in [-0.4, -0.2) is 44.0 Å². The van der Waals surface area contributed by atoms with Gasteiger partial charge in [0, 0.05) is 12.6 Å². The van der Waals surface area contributed by atoms with Crippen molar-refractivity contribution in [3.05, 3.63) is 16.0 Å². The highest BCUT2D eigenvalue weighted by Gasteiger charge is 2.35. The van der Waals surface area contributed by atoms with Crippen molar-refractivity contribution in [3.8, 4) is 0 Å². The van der Waals surface area contributed by atoms with E-state index in [1.807, 2.05) is 4.90 Å². The summed E-state index contributed by atoms with van der Waals surface area (Å²) in [5.74, 6) is 6.74. The van der Waals surface area contributed by atoms with Crippen LogP contribution in [0.1, 0.15) is 44.2 Å². The van der Waals surface area contributed by atoms with Crippen molar-refractivity contribution in [2.75, 3.05) is 18.1 Å². The van der Waals surface area contributed by atoms with Crippen LogP contribution in [0.5, 0.6) is 0 Å². The number of likely N-dealkylation sites (tertiary alicyclic amines) is 1. The molecule has 3 rings (SSSR count). The predicted molar refractivity (Wildman–Crippen MR) is 88.6 cm³/mol. The maximum Gasteiger partial charge on any atom is 0.294 e. The summed E-state index contributed by atoms with van der Waals surface area (Å²) in [5, 5.41) is 7.99. The smallest absolute Gasteiger partial charge is 0.294 e. The first-order valence-electron chi connectivity index (χ1n) is 8.21. The van der Waals surface area contributed by atoms with Gasteiger partial charge in [-0.2, -0.15) is 4.68 Å². The van der Waals surface area contributed by atoms with Crippen LogP contribution in [-0.2, 0) is 4.79 Å². The molecule has 2 aliphatic rings. The molecular formula is C15H23N5O2S. The molecule has 126 valence electrons. The monoisotopic (exact) mass is 337 g/mol. The molecule has 7 nitrogen and oxygen atoms in total. The number of nitrogen functional groups attached to an aromatic ring is 1. The molecule has 2 atom stereocenters. The zero-order chi connectivity index (χ0) is 16.4. The number of aryl methyl sites for hydroxylation is 1. The summed E-state index contributed by atoms with van der Waals surface area (Å²) >= 11 is 1.18. The van der Waals surface area contributed by atoms with Gasteiger partial charge >= 0.3 is 0 Å². The molecule has 0 bridgehead atoms. The van der Waals surface area contributed by atoms with E-state index in [1.54, 1.807) is 6.92 Å². The van der Waals surface area contributed by atoms with E-state index in [-0.39, 0.29) is 28.1 Å². The first kappa shape index (κ1) is 16.3. The Morgan fingerprint density at radius 2 is 2.00 bits per heavy atom. The van der Waals surface area contributed by atoms with Crippen molar-refractivity contribution in [3.63, 3.8) is 0 Å². The van der Waals surface area contributed by atoms with Gasteiger partial charge in [-0.25, -0.2) is 0 Å². The molecule has 0 unspecified atom stereocenters. The van der Waals surface area contributed by atoms with Crippen molar-refractivity contribution < 1.29 is 4.79 Å². The Morgan fingerprint density at radius 3 is 2.83 bits per heavy atom. The van der Waals surface area contributed by atoms with Gasteiger partial charge in [-0.15, -0.1) is 10.2 Å². The summed E-state index contributed by atoms with van der Waals surface area (Å²) in [6, 6.07) is 0.398. The molecule has 8 heteroatoms. The third-order valence-electron chi connectivity index (χ3n) is 4.91. The fraction of sp³-hybridized carbons (Fsp3) is 0.733. The second-order valence-corrected chi connectivity index (χ2v) is 7.32. The fourth-order valence-corrected chi connectivity index (χ4v) is 4.45. The number of fused-ring (bicyclic) bond motifs is 1. The van der Waals surface area contributed by atoms with Crippen LogP contribution in [0.25, 0.3) is 0 Å². The number of piperidine rings is 1. The van der Waals surface area contributed by atoms with Crippen molar-refractivity contribution in [2.45, 2.75) is 56.6 Å². The number of nitrogens with zero attached hydrogens (tertiary/aromatic N) is 4. The predicted octanol–water partition coefficient (Wildman–Crippen LogP) is 0.934. The number of carbonyl (C=O) groups excluding carboxylic acids is 1. The summed E-state index contributed by atoms with van der Waals surface area (Å²) < 4.78 is 0.972. The third kappa shape index (κ3) is 3.36. The van der Waals surface area contributed by atoms with E-state index >= 15 is 0 Å². The molecule has 1 aromatic rings. The van der Waals surface area contributed by atoms with Crippen molar-refractivity contribution >= 4 is 17.7 Å². The van der Waals surface area contributed by atoms with Gasteiger partial charge in [-0.05, 0) is 38.5 Å². The number of thioether (sulfide) groups is 1. The number of rotatable bonds is 3. The average Bonchev–Trinajstić information content (AvgIpc) is 2.58. The van der Waals surface area contributed by atoms with Gasteiger partial charge in [0.05, 0.1) is 5.75 Å². The van der Waals surface area contributed by atoms with Gasteiger partial charge in [-0.3, -0.25) is 9.59 Å². The van der Waals surface area contributed by atoms with Crippen molar-refractivity contribution in [1.82, 2.24) is 19.8 Å². The van der Waals surface area contributed by atoms with Gasteiger partial charge in [0.15, 0.2) is 0 Å². The molecule has 1 saturated heterocycles. The highest BCUT2D eigenvalue weighted by molar-refractivity contribution is 7.99. The molecule has 1 aliphatic heterocycles. The Labute approximate surface area is 139 Å². The molecule has 1 aromatic heterocycles. The SMILES string of the molecule is Cc1nnc(SCC(=O)N2CCC[C@H]3CCCC[C@H]32)n(N)c1=O. The van der Waals surface area contributed by atoms with Crippen LogP contribution in [0, 0.1) is 12.8 Å². The number of aromatic nitrogens is 3. The molecular weight excluding hydrogens is 314 g/mol. The van der Waals surface area contributed by atoms with E-state index < -0.39 is 0 Å². The van der Waals surface area contributed by atoms with Gasteiger partial charge < -0.3 is 10.7 Å². The summed E-state index contributed by atoms with van der Waals surface area (Å²) in [7, 11) is 0. The van der Waals surface area contributed by atoms with Crippen LogP contribution in [0.15, 0.2) is 9.95 Å². The molecule has 1 saturated carbocycles. The minimum Gasteiger partial charge on any atom is -0.339 e. The molecule has 0 aromatic carbocycles. The minimum absolute atomic E-state index is 0.112. The average molecular weight is 337 g/mol. The van der Waals surface area contributed by atoms with E-state index in [2.05, 4.69) is 10.2 Å². The summed E-state index contributed by atoms with van der Waals surface area (Å²) in [5.41, 5.74) is -0.121. The van der Waals surface area contributed by atoms with Crippen LogP contribution in [0.3, 0.4) is 0 Å². The molecule has 1 amide bonds. The maximum atomic E-state index is 12.6. The zero-order valence-electron chi connectivity index (χ0n) is 13.4.